The van der Waals surface area contributed by atoms with Gasteiger partial charge in [-0.15, -0.1) is 0 Å². The Hall–Kier alpha value is -2.62. The second kappa shape index (κ2) is 5.82. The van der Waals surface area contributed by atoms with Crippen molar-refractivity contribution in [2.45, 2.75) is 0 Å². The van der Waals surface area contributed by atoms with E-state index < -0.39 is 5.97 Å². The summed E-state index contributed by atoms with van der Waals surface area (Å²) in [5, 5.41) is 8.76. The lowest BCUT2D eigenvalue weighted by atomic mass is 10.2. The third-order valence-corrected chi connectivity index (χ3v) is 2.60. The molecular formula is C15H13NO3. The number of pyridine rings is 1. The normalized spacial score (nSPS) is 10.6. The summed E-state index contributed by atoms with van der Waals surface area (Å²) in [6, 6.07) is 10.8. The number of ether oxygens (including phenoxy) is 1. The molecule has 1 N–H and O–H groups in total. The zero-order valence-corrected chi connectivity index (χ0v) is 10.4. The minimum Gasteiger partial charge on any atom is -0.497 e. The molecule has 1 heterocycles. The molecule has 0 fully saturated rings. The van der Waals surface area contributed by atoms with Gasteiger partial charge >= 0.3 is 5.97 Å². The Morgan fingerprint density at radius 3 is 2.42 bits per heavy atom. The van der Waals surface area contributed by atoms with Gasteiger partial charge in [0.1, 0.15) is 5.75 Å². The monoisotopic (exact) mass is 255 g/mol. The second-order valence-electron chi connectivity index (χ2n) is 3.88. The predicted octanol–water partition coefficient (Wildman–Crippen LogP) is 2.96. The highest BCUT2D eigenvalue weighted by atomic mass is 16.5. The minimum atomic E-state index is -0.974. The molecule has 2 aromatic rings. The first-order valence-electron chi connectivity index (χ1n) is 5.70. The summed E-state index contributed by atoms with van der Waals surface area (Å²) < 4.78 is 5.08. The summed E-state index contributed by atoms with van der Waals surface area (Å²) in [6.07, 6.45) is 5.08. The molecule has 0 radical (unpaired) electrons. The lowest BCUT2D eigenvalue weighted by molar-refractivity contribution is 0.0696. The number of carboxylic acids is 1. The van der Waals surface area contributed by atoms with Crippen LogP contribution in [0.5, 0.6) is 5.75 Å². The van der Waals surface area contributed by atoms with E-state index in [-0.39, 0.29) is 5.56 Å². The molecule has 0 spiro atoms. The fourth-order valence-electron chi connectivity index (χ4n) is 1.53. The number of hydrogen-bond acceptors (Lipinski definition) is 3. The molecule has 96 valence electrons. The molecule has 1 aromatic heterocycles. The molecule has 4 nitrogen and oxygen atoms in total. The first-order chi connectivity index (χ1) is 9.19. The van der Waals surface area contributed by atoms with Gasteiger partial charge in [0, 0.05) is 6.20 Å². The number of carbonyl (C=O) groups is 1. The maximum atomic E-state index is 10.7. The molecule has 2 rings (SSSR count). The Labute approximate surface area is 111 Å². The Morgan fingerprint density at radius 2 is 1.89 bits per heavy atom. The first kappa shape index (κ1) is 12.8. The Morgan fingerprint density at radius 1 is 1.16 bits per heavy atom. The third-order valence-electron chi connectivity index (χ3n) is 2.60. The molecule has 19 heavy (non-hydrogen) atoms. The van der Waals surface area contributed by atoms with Gasteiger partial charge in [-0.05, 0) is 35.9 Å². The van der Waals surface area contributed by atoms with E-state index in [2.05, 4.69) is 4.98 Å². The number of aromatic nitrogens is 1. The van der Waals surface area contributed by atoms with Crippen LogP contribution in [-0.4, -0.2) is 23.2 Å². The van der Waals surface area contributed by atoms with E-state index in [0.717, 1.165) is 11.3 Å². The van der Waals surface area contributed by atoms with Gasteiger partial charge in [-0.2, -0.15) is 0 Å². The van der Waals surface area contributed by atoms with Crippen LogP contribution < -0.4 is 4.74 Å². The van der Waals surface area contributed by atoms with Gasteiger partial charge in [0.05, 0.1) is 18.4 Å². The molecule has 0 bridgehead atoms. The Kier molecular flexibility index (Phi) is 3.93. The van der Waals surface area contributed by atoms with Gasteiger partial charge in [0.15, 0.2) is 0 Å². The predicted molar refractivity (Wildman–Crippen MR) is 73.1 cm³/mol. The highest BCUT2D eigenvalue weighted by molar-refractivity contribution is 5.87. The first-order valence-corrected chi connectivity index (χ1v) is 5.70. The highest BCUT2D eigenvalue weighted by Crippen LogP contribution is 2.13. The molecule has 0 aliphatic heterocycles. The zero-order chi connectivity index (χ0) is 13.7. The van der Waals surface area contributed by atoms with Crippen molar-refractivity contribution in [2.24, 2.45) is 0 Å². The van der Waals surface area contributed by atoms with E-state index in [1.807, 2.05) is 36.4 Å². The van der Waals surface area contributed by atoms with Crippen LogP contribution in [0.4, 0.5) is 0 Å². The molecule has 0 atom stereocenters. The van der Waals surface area contributed by atoms with Crippen molar-refractivity contribution in [3.8, 4) is 5.75 Å². The highest BCUT2D eigenvalue weighted by Gasteiger charge is 2.01. The zero-order valence-electron chi connectivity index (χ0n) is 10.4. The number of rotatable bonds is 4. The summed E-state index contributed by atoms with van der Waals surface area (Å²) in [4.78, 5) is 14.7. The van der Waals surface area contributed by atoms with Crippen LogP contribution in [0.3, 0.4) is 0 Å². The van der Waals surface area contributed by atoms with E-state index >= 15 is 0 Å². The fraction of sp³-hybridized carbons (Fsp3) is 0.0667. The van der Waals surface area contributed by atoms with Gasteiger partial charge in [-0.1, -0.05) is 18.2 Å². The quantitative estimate of drug-likeness (QED) is 0.912. The smallest absolute Gasteiger partial charge is 0.337 e. The molecule has 0 saturated carbocycles. The van der Waals surface area contributed by atoms with Crippen molar-refractivity contribution >= 4 is 18.1 Å². The lowest BCUT2D eigenvalue weighted by Gasteiger charge is -1.99. The summed E-state index contributed by atoms with van der Waals surface area (Å²) in [5.41, 5.74) is 1.91. The Balaban J connectivity index is 2.10. The van der Waals surface area contributed by atoms with Crippen molar-refractivity contribution in [3.05, 3.63) is 59.4 Å². The van der Waals surface area contributed by atoms with Crippen molar-refractivity contribution < 1.29 is 14.6 Å². The van der Waals surface area contributed by atoms with Crippen molar-refractivity contribution in [3.63, 3.8) is 0 Å². The average Bonchev–Trinajstić information content (AvgIpc) is 2.46. The summed E-state index contributed by atoms with van der Waals surface area (Å²) in [5.74, 6) is -0.167. The maximum absolute atomic E-state index is 10.7. The maximum Gasteiger partial charge on any atom is 0.337 e. The number of nitrogens with zero attached hydrogens (tertiary/aromatic N) is 1. The van der Waals surface area contributed by atoms with Crippen LogP contribution in [-0.2, 0) is 0 Å². The molecule has 1 aromatic carbocycles. The lowest BCUT2D eigenvalue weighted by Crippen LogP contribution is -1.96. The standard InChI is InChI=1S/C15H13NO3/c1-19-14-8-3-11(4-9-14)2-6-13-7-5-12(10-16-13)15(17)18/h2-10H,1H3,(H,17,18)/b6-2+. The number of benzene rings is 1. The fourth-order valence-corrected chi connectivity index (χ4v) is 1.53. The number of methoxy groups -OCH3 is 1. The third kappa shape index (κ3) is 3.42. The van der Waals surface area contributed by atoms with E-state index in [4.69, 9.17) is 9.84 Å². The van der Waals surface area contributed by atoms with Gasteiger partial charge < -0.3 is 9.84 Å². The van der Waals surface area contributed by atoms with Crippen molar-refractivity contribution in [2.75, 3.05) is 7.11 Å². The van der Waals surface area contributed by atoms with Gasteiger partial charge in [-0.3, -0.25) is 4.98 Å². The molecule has 0 amide bonds. The van der Waals surface area contributed by atoms with Crippen molar-refractivity contribution in [1.82, 2.24) is 4.98 Å². The molecule has 0 saturated heterocycles. The minimum absolute atomic E-state index is 0.182. The molecule has 0 unspecified atom stereocenters. The molecule has 0 aliphatic rings. The van der Waals surface area contributed by atoms with E-state index in [0.29, 0.717) is 5.69 Å². The second-order valence-corrected chi connectivity index (χ2v) is 3.88. The summed E-state index contributed by atoms with van der Waals surface area (Å²) in [7, 11) is 1.62. The van der Waals surface area contributed by atoms with Crippen LogP contribution in [0, 0.1) is 0 Å². The number of carboxylic acid groups (broad SMARTS) is 1. The average molecular weight is 255 g/mol. The van der Waals surface area contributed by atoms with Crippen LogP contribution in [0.15, 0.2) is 42.6 Å². The SMILES string of the molecule is COc1ccc(/C=C/c2ccc(C(=O)O)cn2)cc1. The number of aromatic carboxylic acids is 1. The topological polar surface area (TPSA) is 59.4 Å². The molecule has 0 aliphatic carbocycles. The summed E-state index contributed by atoms with van der Waals surface area (Å²) in [6.45, 7) is 0. The van der Waals surface area contributed by atoms with Crippen LogP contribution in [0.25, 0.3) is 12.2 Å². The van der Waals surface area contributed by atoms with Crippen LogP contribution in [0.2, 0.25) is 0 Å². The molecule has 4 heteroatoms. The number of hydrogen-bond donors (Lipinski definition) is 1. The van der Waals surface area contributed by atoms with Gasteiger partial charge in [0.2, 0.25) is 0 Å². The van der Waals surface area contributed by atoms with E-state index in [1.54, 1.807) is 13.2 Å². The van der Waals surface area contributed by atoms with Crippen LogP contribution in [0.1, 0.15) is 21.6 Å². The van der Waals surface area contributed by atoms with Crippen LogP contribution >= 0.6 is 0 Å². The summed E-state index contributed by atoms with van der Waals surface area (Å²) >= 11 is 0. The largest absolute Gasteiger partial charge is 0.497 e. The van der Waals surface area contributed by atoms with Crippen molar-refractivity contribution in [1.29, 1.82) is 0 Å². The molecular weight excluding hydrogens is 242 g/mol. The Bertz CT molecular complexity index is 586. The van der Waals surface area contributed by atoms with Gasteiger partial charge in [-0.25, -0.2) is 4.79 Å². The van der Waals surface area contributed by atoms with Gasteiger partial charge in [0.25, 0.3) is 0 Å². The van der Waals surface area contributed by atoms with E-state index in [1.165, 1.54) is 12.3 Å². The van der Waals surface area contributed by atoms with E-state index in [9.17, 15) is 4.79 Å².